The fourth-order valence-electron chi connectivity index (χ4n) is 2.15. The van der Waals surface area contributed by atoms with Gasteiger partial charge in [-0.15, -0.1) is 0 Å². The van der Waals surface area contributed by atoms with Crippen molar-refractivity contribution in [2.75, 3.05) is 12.8 Å². The number of hydrogen-bond donors (Lipinski definition) is 2. The number of methoxy groups -OCH3 is 1. The van der Waals surface area contributed by atoms with E-state index in [2.05, 4.69) is 5.32 Å². The van der Waals surface area contributed by atoms with Crippen molar-refractivity contribution in [1.29, 1.82) is 0 Å². The number of nitrogens with two attached hydrogens (primary N) is 1. The summed E-state index contributed by atoms with van der Waals surface area (Å²) in [6, 6.07) is 2.85. The van der Waals surface area contributed by atoms with Gasteiger partial charge in [0, 0.05) is 11.3 Å². The van der Waals surface area contributed by atoms with Crippen molar-refractivity contribution in [3.8, 4) is 0 Å². The van der Waals surface area contributed by atoms with Gasteiger partial charge in [0.05, 0.1) is 7.11 Å². The second kappa shape index (κ2) is 7.67. The van der Waals surface area contributed by atoms with Crippen LogP contribution in [-0.4, -0.2) is 25.0 Å². The Bertz CT molecular complexity index is 503. The predicted molar refractivity (Wildman–Crippen MR) is 83.1 cm³/mol. The minimum Gasteiger partial charge on any atom is -0.467 e. The van der Waals surface area contributed by atoms with E-state index in [0.29, 0.717) is 17.7 Å². The Balaban J connectivity index is 2.88. The normalized spacial score (nSPS) is 11.8. The maximum absolute atomic E-state index is 12.3. The fraction of sp³-hybridized carbons (Fsp3) is 0.500. The molecule has 1 aromatic rings. The summed E-state index contributed by atoms with van der Waals surface area (Å²) >= 11 is 0. The topological polar surface area (TPSA) is 81.4 Å². The number of amides is 1. The van der Waals surface area contributed by atoms with Gasteiger partial charge in [-0.1, -0.05) is 19.8 Å². The molecule has 0 aliphatic rings. The number of anilines is 1. The molecule has 0 saturated carbocycles. The number of nitrogen functional groups attached to an aromatic ring is 1. The molecule has 0 heterocycles. The summed E-state index contributed by atoms with van der Waals surface area (Å²) in [6.45, 7) is 5.74. The van der Waals surface area contributed by atoms with E-state index >= 15 is 0 Å². The van der Waals surface area contributed by atoms with Crippen molar-refractivity contribution in [3.05, 3.63) is 28.8 Å². The zero-order valence-electron chi connectivity index (χ0n) is 13.2. The molecule has 0 radical (unpaired) electrons. The smallest absolute Gasteiger partial charge is 0.328 e. The lowest BCUT2D eigenvalue weighted by Gasteiger charge is -2.17. The molecule has 0 spiro atoms. The van der Waals surface area contributed by atoms with Crippen LogP contribution >= 0.6 is 0 Å². The van der Waals surface area contributed by atoms with Crippen molar-refractivity contribution >= 4 is 17.6 Å². The maximum Gasteiger partial charge on any atom is 0.328 e. The first kappa shape index (κ1) is 17.0. The molecule has 3 N–H and O–H groups in total. The monoisotopic (exact) mass is 292 g/mol. The minimum atomic E-state index is -0.611. The van der Waals surface area contributed by atoms with E-state index in [4.69, 9.17) is 10.5 Å². The highest BCUT2D eigenvalue weighted by molar-refractivity contribution is 5.97. The Kier molecular flexibility index (Phi) is 6.21. The van der Waals surface area contributed by atoms with Crippen LogP contribution in [0.5, 0.6) is 0 Å². The Morgan fingerprint density at radius 1 is 1.29 bits per heavy atom. The SMILES string of the molecule is CCCC[C@H](NC(=O)c1cc(C)c(N)c(C)c1)C(=O)OC. The number of aryl methyl sites for hydroxylation is 2. The third-order valence-electron chi connectivity index (χ3n) is 3.49. The van der Waals surface area contributed by atoms with Gasteiger partial charge in [-0.25, -0.2) is 4.79 Å². The highest BCUT2D eigenvalue weighted by atomic mass is 16.5. The van der Waals surface area contributed by atoms with Crippen LogP contribution in [0.3, 0.4) is 0 Å². The van der Waals surface area contributed by atoms with Crippen LogP contribution in [0.25, 0.3) is 0 Å². The maximum atomic E-state index is 12.3. The van der Waals surface area contributed by atoms with E-state index in [-0.39, 0.29) is 5.91 Å². The molecule has 0 unspecified atom stereocenters. The quantitative estimate of drug-likeness (QED) is 0.623. The van der Waals surface area contributed by atoms with Gasteiger partial charge < -0.3 is 15.8 Å². The summed E-state index contributed by atoms with van der Waals surface area (Å²) in [4.78, 5) is 24.0. The molecule has 0 saturated heterocycles. The molecule has 1 aromatic carbocycles. The third kappa shape index (κ3) is 4.48. The standard InChI is InChI=1S/C16H24N2O3/c1-5-6-7-13(16(20)21-4)18-15(19)12-8-10(2)14(17)11(3)9-12/h8-9,13H,5-7,17H2,1-4H3,(H,18,19)/t13-/m0/s1. The molecular formula is C16H24N2O3. The summed E-state index contributed by atoms with van der Waals surface area (Å²) in [7, 11) is 1.32. The van der Waals surface area contributed by atoms with Crippen LogP contribution in [0.2, 0.25) is 0 Å². The number of carbonyl (C=O) groups is 2. The Morgan fingerprint density at radius 2 is 1.86 bits per heavy atom. The van der Waals surface area contributed by atoms with Gasteiger partial charge in [0.25, 0.3) is 5.91 Å². The molecule has 0 bridgehead atoms. The Labute approximate surface area is 125 Å². The van der Waals surface area contributed by atoms with Gasteiger partial charge in [0.2, 0.25) is 0 Å². The highest BCUT2D eigenvalue weighted by Gasteiger charge is 2.21. The van der Waals surface area contributed by atoms with Crippen molar-refractivity contribution in [2.45, 2.75) is 46.1 Å². The van der Waals surface area contributed by atoms with Crippen LogP contribution in [-0.2, 0) is 9.53 Å². The first-order valence-electron chi connectivity index (χ1n) is 7.16. The Hall–Kier alpha value is -2.04. The van der Waals surface area contributed by atoms with Crippen LogP contribution in [0, 0.1) is 13.8 Å². The van der Waals surface area contributed by atoms with Crippen molar-refractivity contribution in [3.63, 3.8) is 0 Å². The largest absolute Gasteiger partial charge is 0.467 e. The first-order chi connectivity index (χ1) is 9.90. The molecule has 0 fully saturated rings. The number of carbonyl (C=O) groups excluding carboxylic acids is 2. The number of hydrogen-bond acceptors (Lipinski definition) is 4. The van der Waals surface area contributed by atoms with Crippen LogP contribution < -0.4 is 11.1 Å². The minimum absolute atomic E-state index is 0.285. The Morgan fingerprint density at radius 3 is 2.33 bits per heavy atom. The van der Waals surface area contributed by atoms with E-state index < -0.39 is 12.0 Å². The van der Waals surface area contributed by atoms with Crippen LogP contribution in [0.15, 0.2) is 12.1 Å². The van der Waals surface area contributed by atoms with Gasteiger partial charge in [-0.3, -0.25) is 4.79 Å². The van der Waals surface area contributed by atoms with E-state index in [0.717, 1.165) is 24.0 Å². The van der Waals surface area contributed by atoms with Gasteiger partial charge >= 0.3 is 5.97 Å². The van der Waals surface area contributed by atoms with Crippen LogP contribution in [0.4, 0.5) is 5.69 Å². The number of esters is 1. The number of nitrogens with one attached hydrogen (secondary N) is 1. The zero-order chi connectivity index (χ0) is 16.0. The summed E-state index contributed by atoms with van der Waals surface area (Å²) in [6.07, 6.45) is 2.37. The summed E-state index contributed by atoms with van der Waals surface area (Å²) in [5.41, 5.74) is 8.77. The second-order valence-electron chi connectivity index (χ2n) is 5.22. The average Bonchev–Trinajstić information content (AvgIpc) is 2.47. The average molecular weight is 292 g/mol. The van der Waals surface area contributed by atoms with Gasteiger partial charge in [-0.05, 0) is 43.5 Å². The zero-order valence-corrected chi connectivity index (χ0v) is 13.2. The molecule has 116 valence electrons. The summed E-state index contributed by atoms with van der Waals surface area (Å²) in [5, 5.41) is 2.74. The van der Waals surface area contributed by atoms with Gasteiger partial charge in [-0.2, -0.15) is 0 Å². The van der Waals surface area contributed by atoms with E-state index in [1.54, 1.807) is 12.1 Å². The van der Waals surface area contributed by atoms with Crippen molar-refractivity contribution < 1.29 is 14.3 Å². The molecule has 1 atom stereocenters. The molecule has 5 heteroatoms. The molecule has 5 nitrogen and oxygen atoms in total. The van der Waals surface area contributed by atoms with E-state index in [1.807, 2.05) is 20.8 Å². The number of benzene rings is 1. The molecule has 21 heavy (non-hydrogen) atoms. The highest BCUT2D eigenvalue weighted by Crippen LogP contribution is 2.18. The lowest BCUT2D eigenvalue weighted by Crippen LogP contribution is -2.41. The molecular weight excluding hydrogens is 268 g/mol. The summed E-state index contributed by atoms with van der Waals surface area (Å²) in [5.74, 6) is -0.701. The van der Waals surface area contributed by atoms with E-state index in [1.165, 1.54) is 7.11 Å². The lowest BCUT2D eigenvalue weighted by molar-refractivity contribution is -0.143. The van der Waals surface area contributed by atoms with Gasteiger partial charge in [0.1, 0.15) is 6.04 Å². The lowest BCUT2D eigenvalue weighted by atomic mass is 10.0. The molecule has 0 aromatic heterocycles. The number of unbranched alkanes of at least 4 members (excludes halogenated alkanes) is 1. The van der Waals surface area contributed by atoms with Crippen LogP contribution in [0.1, 0.15) is 47.7 Å². The molecule has 0 aliphatic heterocycles. The van der Waals surface area contributed by atoms with E-state index in [9.17, 15) is 9.59 Å². The molecule has 1 amide bonds. The predicted octanol–water partition coefficient (Wildman–Crippen LogP) is 2.35. The van der Waals surface area contributed by atoms with Gasteiger partial charge in [0.15, 0.2) is 0 Å². The summed E-state index contributed by atoms with van der Waals surface area (Å²) < 4.78 is 4.74. The van der Waals surface area contributed by atoms with Crippen molar-refractivity contribution in [1.82, 2.24) is 5.32 Å². The number of rotatable bonds is 6. The number of ether oxygens (including phenoxy) is 1. The second-order valence-corrected chi connectivity index (χ2v) is 5.22. The third-order valence-corrected chi connectivity index (χ3v) is 3.49. The molecule has 1 rings (SSSR count). The first-order valence-corrected chi connectivity index (χ1v) is 7.16. The molecule has 0 aliphatic carbocycles. The fourth-order valence-corrected chi connectivity index (χ4v) is 2.15. The van der Waals surface area contributed by atoms with Crippen molar-refractivity contribution in [2.24, 2.45) is 0 Å².